The highest BCUT2D eigenvalue weighted by atomic mass is 19.1. The Hall–Kier alpha value is -3.67. The number of carbonyl (C=O) groups is 1. The molecule has 2 heterocycles. The maximum Gasteiger partial charge on any atom is 0.293 e. The van der Waals surface area contributed by atoms with Crippen LogP contribution in [0.2, 0.25) is 0 Å². The fraction of sp³-hybridized carbons (Fsp3) is 0.200. The minimum atomic E-state index is -0.624. The van der Waals surface area contributed by atoms with Crippen molar-refractivity contribution in [2.45, 2.75) is 6.54 Å². The third kappa shape index (κ3) is 3.95. The SMILES string of the molecule is CN(C)Cc1c(C(=O)NN=Cc2ccccc2F)nnn1-c1nonc1N. The first-order chi connectivity index (χ1) is 13.0. The molecule has 0 bridgehead atoms. The summed E-state index contributed by atoms with van der Waals surface area (Å²) < 4.78 is 19.4. The molecule has 0 spiro atoms. The number of nitrogen functional groups attached to an aromatic ring is 1. The van der Waals surface area contributed by atoms with E-state index in [-0.39, 0.29) is 22.9 Å². The molecular weight excluding hydrogens is 357 g/mol. The number of carbonyl (C=O) groups excluding carboxylic acids is 1. The summed E-state index contributed by atoms with van der Waals surface area (Å²) >= 11 is 0. The number of anilines is 1. The fourth-order valence-corrected chi connectivity index (χ4v) is 2.22. The van der Waals surface area contributed by atoms with Gasteiger partial charge in [0.1, 0.15) is 5.82 Å². The second kappa shape index (κ2) is 7.70. The molecule has 0 aliphatic rings. The summed E-state index contributed by atoms with van der Waals surface area (Å²) in [5.74, 6) is -0.956. The van der Waals surface area contributed by atoms with Gasteiger partial charge in [0.25, 0.3) is 5.91 Å². The quantitative estimate of drug-likeness (QED) is 0.461. The zero-order valence-corrected chi connectivity index (χ0v) is 14.5. The lowest BCUT2D eigenvalue weighted by Crippen LogP contribution is -2.23. The van der Waals surface area contributed by atoms with Crippen LogP contribution in [0.25, 0.3) is 5.82 Å². The lowest BCUT2D eigenvalue weighted by Gasteiger charge is -2.11. The largest absolute Gasteiger partial charge is 0.378 e. The van der Waals surface area contributed by atoms with E-state index in [4.69, 9.17) is 5.73 Å². The molecule has 0 aliphatic heterocycles. The van der Waals surface area contributed by atoms with Crippen LogP contribution in [0.1, 0.15) is 21.7 Å². The van der Waals surface area contributed by atoms with E-state index >= 15 is 0 Å². The number of nitrogens with one attached hydrogen (secondary N) is 1. The van der Waals surface area contributed by atoms with Crippen LogP contribution in [-0.2, 0) is 6.54 Å². The molecular formula is C15H16FN9O2. The summed E-state index contributed by atoms with van der Waals surface area (Å²) in [4.78, 5) is 14.3. The Balaban J connectivity index is 1.85. The maximum absolute atomic E-state index is 13.6. The number of halogens is 1. The molecule has 140 valence electrons. The van der Waals surface area contributed by atoms with Crippen LogP contribution in [0.4, 0.5) is 10.2 Å². The molecule has 0 saturated carbocycles. The monoisotopic (exact) mass is 373 g/mol. The first-order valence-corrected chi connectivity index (χ1v) is 7.73. The minimum absolute atomic E-state index is 0.00411. The summed E-state index contributed by atoms with van der Waals surface area (Å²) in [6, 6.07) is 6.03. The van der Waals surface area contributed by atoms with E-state index in [0.717, 1.165) is 0 Å². The van der Waals surface area contributed by atoms with Crippen molar-refractivity contribution in [1.82, 2.24) is 35.6 Å². The van der Waals surface area contributed by atoms with Gasteiger partial charge < -0.3 is 10.6 Å². The fourth-order valence-electron chi connectivity index (χ4n) is 2.22. The third-order valence-electron chi connectivity index (χ3n) is 3.42. The van der Waals surface area contributed by atoms with Gasteiger partial charge in [-0.15, -0.1) is 5.10 Å². The van der Waals surface area contributed by atoms with E-state index in [2.05, 4.69) is 35.8 Å². The molecule has 0 aliphatic carbocycles. The van der Waals surface area contributed by atoms with Gasteiger partial charge in [-0.05, 0) is 30.5 Å². The first kappa shape index (κ1) is 18.1. The minimum Gasteiger partial charge on any atom is -0.378 e. The van der Waals surface area contributed by atoms with Gasteiger partial charge >= 0.3 is 0 Å². The van der Waals surface area contributed by atoms with Gasteiger partial charge in [-0.3, -0.25) is 4.79 Å². The lowest BCUT2D eigenvalue weighted by molar-refractivity contribution is 0.0948. The number of hydrogen-bond donors (Lipinski definition) is 2. The van der Waals surface area contributed by atoms with E-state index in [1.165, 1.54) is 23.0 Å². The maximum atomic E-state index is 13.6. The summed E-state index contributed by atoms with van der Waals surface area (Å²) in [6.07, 6.45) is 1.20. The molecule has 3 aromatic rings. The van der Waals surface area contributed by atoms with Crippen LogP contribution in [0, 0.1) is 5.82 Å². The Morgan fingerprint density at radius 1 is 1.41 bits per heavy atom. The average Bonchev–Trinajstić information content (AvgIpc) is 3.22. The highest BCUT2D eigenvalue weighted by molar-refractivity contribution is 5.94. The predicted molar refractivity (Wildman–Crippen MR) is 92.5 cm³/mol. The summed E-state index contributed by atoms with van der Waals surface area (Å²) in [5.41, 5.74) is 8.63. The van der Waals surface area contributed by atoms with Crippen LogP contribution in [0.3, 0.4) is 0 Å². The van der Waals surface area contributed by atoms with E-state index in [1.54, 1.807) is 31.1 Å². The van der Waals surface area contributed by atoms with Gasteiger partial charge in [-0.25, -0.2) is 14.4 Å². The van der Waals surface area contributed by atoms with E-state index in [0.29, 0.717) is 12.2 Å². The van der Waals surface area contributed by atoms with Crippen molar-refractivity contribution in [2.24, 2.45) is 5.10 Å². The Kier molecular flexibility index (Phi) is 5.17. The lowest BCUT2D eigenvalue weighted by atomic mass is 10.2. The van der Waals surface area contributed by atoms with E-state index in [9.17, 15) is 9.18 Å². The molecule has 27 heavy (non-hydrogen) atoms. The Morgan fingerprint density at radius 3 is 2.85 bits per heavy atom. The molecule has 1 aromatic carbocycles. The smallest absolute Gasteiger partial charge is 0.293 e. The molecule has 0 radical (unpaired) electrons. The molecule has 11 nitrogen and oxygen atoms in total. The number of benzene rings is 1. The van der Waals surface area contributed by atoms with E-state index < -0.39 is 11.7 Å². The van der Waals surface area contributed by atoms with Crippen LogP contribution in [0.5, 0.6) is 0 Å². The van der Waals surface area contributed by atoms with Crippen molar-refractivity contribution in [3.8, 4) is 5.82 Å². The highest BCUT2D eigenvalue weighted by Crippen LogP contribution is 2.16. The molecule has 2 aromatic heterocycles. The van der Waals surface area contributed by atoms with Gasteiger partial charge in [0, 0.05) is 12.1 Å². The number of amides is 1. The zero-order valence-electron chi connectivity index (χ0n) is 14.5. The van der Waals surface area contributed by atoms with Crippen molar-refractivity contribution in [2.75, 3.05) is 19.8 Å². The van der Waals surface area contributed by atoms with Crippen molar-refractivity contribution in [3.05, 3.63) is 47.0 Å². The standard InChI is InChI=1S/C15H16FN9O2/c1-24(2)8-11-12(19-23-25(11)14-13(17)21-27-22-14)15(26)20-18-7-9-5-3-4-6-10(9)16/h3-7H,8H2,1-2H3,(H2,17,21)(H,20,26). The normalized spacial score (nSPS) is 11.4. The number of hydrogen-bond acceptors (Lipinski definition) is 9. The number of nitrogens with zero attached hydrogens (tertiary/aromatic N) is 7. The molecule has 12 heteroatoms. The van der Waals surface area contributed by atoms with Gasteiger partial charge in [0.2, 0.25) is 11.6 Å². The second-order valence-corrected chi connectivity index (χ2v) is 5.73. The van der Waals surface area contributed by atoms with Crippen molar-refractivity contribution >= 4 is 17.9 Å². The number of nitrogens with two attached hydrogens (primary N) is 1. The number of hydrazone groups is 1. The van der Waals surface area contributed by atoms with Gasteiger partial charge in [0.15, 0.2) is 5.69 Å². The number of aromatic nitrogens is 5. The van der Waals surface area contributed by atoms with Crippen LogP contribution < -0.4 is 11.2 Å². The zero-order chi connectivity index (χ0) is 19.4. The summed E-state index contributed by atoms with van der Waals surface area (Å²) in [6.45, 7) is 0.305. The Labute approximate surface area is 152 Å². The molecule has 0 saturated heterocycles. The third-order valence-corrected chi connectivity index (χ3v) is 3.42. The van der Waals surface area contributed by atoms with Crippen molar-refractivity contribution in [3.63, 3.8) is 0 Å². The van der Waals surface area contributed by atoms with Gasteiger partial charge in [-0.2, -0.15) is 9.78 Å². The van der Waals surface area contributed by atoms with Gasteiger partial charge in [-0.1, -0.05) is 23.4 Å². The van der Waals surface area contributed by atoms with Crippen LogP contribution in [0.15, 0.2) is 34.0 Å². The predicted octanol–water partition coefficient (Wildman–Crippen LogP) is 0.197. The van der Waals surface area contributed by atoms with Crippen molar-refractivity contribution < 1.29 is 13.8 Å². The van der Waals surface area contributed by atoms with Gasteiger partial charge in [0.05, 0.1) is 11.9 Å². The average molecular weight is 373 g/mol. The van der Waals surface area contributed by atoms with Crippen LogP contribution >= 0.6 is 0 Å². The Bertz CT molecular complexity index is 979. The number of rotatable bonds is 6. The summed E-state index contributed by atoms with van der Waals surface area (Å²) in [7, 11) is 3.61. The molecule has 3 N–H and O–H groups in total. The molecule has 1 amide bonds. The topological polar surface area (TPSA) is 140 Å². The van der Waals surface area contributed by atoms with E-state index in [1.807, 2.05) is 0 Å². The molecule has 0 unspecified atom stereocenters. The highest BCUT2D eigenvalue weighted by Gasteiger charge is 2.24. The van der Waals surface area contributed by atoms with Crippen molar-refractivity contribution in [1.29, 1.82) is 0 Å². The Morgan fingerprint density at radius 2 is 2.19 bits per heavy atom. The summed E-state index contributed by atoms with van der Waals surface area (Å²) in [5, 5.41) is 18.7. The first-order valence-electron chi connectivity index (χ1n) is 7.73. The van der Waals surface area contributed by atoms with Crippen LogP contribution in [-0.4, -0.2) is 56.4 Å². The second-order valence-electron chi connectivity index (χ2n) is 5.73. The molecule has 0 fully saturated rings. The molecule has 0 atom stereocenters. The molecule has 3 rings (SSSR count).